The molecule has 1 fully saturated rings. The molecule has 1 unspecified atom stereocenters. The molecule has 0 N–H and O–H groups in total. The van der Waals surface area contributed by atoms with Crippen LogP contribution in [0.3, 0.4) is 0 Å². The third-order valence-electron chi connectivity index (χ3n) is 5.71. The topological polar surface area (TPSA) is 101 Å². The van der Waals surface area contributed by atoms with Crippen LogP contribution in [0.15, 0.2) is 40.1 Å². The highest BCUT2D eigenvalue weighted by molar-refractivity contribution is 7.91. The molecule has 204 valence electrons. The largest absolute Gasteiger partial charge is 0.480 e. The maximum Gasteiger partial charge on any atom is 0.425 e. The summed E-state index contributed by atoms with van der Waals surface area (Å²) in [4.78, 5) is 14.7. The van der Waals surface area contributed by atoms with Crippen molar-refractivity contribution in [3.63, 3.8) is 0 Å². The van der Waals surface area contributed by atoms with Gasteiger partial charge in [0.1, 0.15) is 10.6 Å². The fourth-order valence-corrected chi connectivity index (χ4v) is 5.02. The summed E-state index contributed by atoms with van der Waals surface area (Å²) in [5.41, 5.74) is -0.624. The molecule has 2 aromatic rings. The zero-order chi connectivity index (χ0) is 27.9. The molecule has 0 spiro atoms. The number of benzene rings is 2. The molecule has 0 aromatic heterocycles. The van der Waals surface area contributed by atoms with E-state index in [1.165, 1.54) is 9.80 Å². The molecule has 0 aliphatic carbocycles. The summed E-state index contributed by atoms with van der Waals surface area (Å²) >= 11 is 0. The van der Waals surface area contributed by atoms with E-state index in [-0.39, 0.29) is 36.8 Å². The van der Waals surface area contributed by atoms with Crippen molar-refractivity contribution in [2.75, 3.05) is 43.6 Å². The zero-order valence-corrected chi connectivity index (χ0v) is 21.5. The maximum atomic E-state index is 14.6. The van der Waals surface area contributed by atoms with E-state index in [0.29, 0.717) is 0 Å². The van der Waals surface area contributed by atoms with E-state index in [2.05, 4.69) is 0 Å². The van der Waals surface area contributed by atoms with Gasteiger partial charge in [-0.3, -0.25) is 4.79 Å². The average Bonchev–Trinajstić information content (AvgIpc) is 2.78. The molecule has 0 radical (unpaired) electrons. The summed E-state index contributed by atoms with van der Waals surface area (Å²) < 4.78 is 120. The quantitative estimate of drug-likeness (QED) is 0.492. The van der Waals surface area contributed by atoms with Crippen LogP contribution >= 0.6 is 0 Å². The molecule has 1 saturated heterocycles. The first-order valence-corrected chi connectivity index (χ1v) is 14.5. The Morgan fingerprint density at radius 3 is 2.03 bits per heavy atom. The van der Waals surface area contributed by atoms with Crippen LogP contribution in [0.5, 0.6) is 5.75 Å². The molecule has 1 aliphatic heterocycles. The second-order valence-electron chi connectivity index (χ2n) is 8.49. The van der Waals surface area contributed by atoms with Crippen molar-refractivity contribution in [1.82, 2.24) is 4.90 Å². The van der Waals surface area contributed by atoms with Gasteiger partial charge in [0.15, 0.2) is 37.4 Å². The Morgan fingerprint density at radius 1 is 0.919 bits per heavy atom. The van der Waals surface area contributed by atoms with Gasteiger partial charge in [0.25, 0.3) is 5.91 Å². The monoisotopic (exact) mass is 570 g/mol. The number of piperazine rings is 1. The Bertz CT molecular complexity index is 1420. The van der Waals surface area contributed by atoms with Gasteiger partial charge in [0.05, 0.1) is 16.1 Å². The first kappa shape index (κ1) is 28.6. The highest BCUT2D eigenvalue weighted by atomic mass is 32.2. The molecule has 8 nitrogen and oxygen atoms in total. The standard InChI is InChI=1S/C22H23F5N2O6S2/c1-13(22(25,26)27)35-17-6-4-14(36(2,31)32)12-15(17)21(30)29-10-8-28(9-11-29)16-5-7-18(37(3,33)34)20(24)19(16)23/h4-7,12-13H,8-11H2,1-3H3. The van der Waals surface area contributed by atoms with Gasteiger partial charge < -0.3 is 14.5 Å². The summed E-state index contributed by atoms with van der Waals surface area (Å²) in [5, 5.41) is 0. The SMILES string of the molecule is CC(Oc1ccc(S(C)(=O)=O)cc1C(=O)N1CCN(c2ccc(S(C)(=O)=O)c(F)c2F)CC1)C(F)(F)F. The number of amides is 1. The third kappa shape index (κ3) is 6.32. The molecule has 37 heavy (non-hydrogen) atoms. The normalized spacial score (nSPS) is 16.0. The lowest BCUT2D eigenvalue weighted by atomic mass is 10.1. The fraction of sp³-hybridized carbons (Fsp3) is 0.409. The Morgan fingerprint density at radius 2 is 1.51 bits per heavy atom. The molecule has 1 amide bonds. The van der Waals surface area contributed by atoms with E-state index in [1.807, 2.05) is 0 Å². The van der Waals surface area contributed by atoms with Gasteiger partial charge in [-0.15, -0.1) is 0 Å². The summed E-state index contributed by atoms with van der Waals surface area (Å²) in [6, 6.07) is 4.97. The summed E-state index contributed by atoms with van der Waals surface area (Å²) in [6.45, 7) is 0.527. The second kappa shape index (κ2) is 10.1. The van der Waals surface area contributed by atoms with Crippen molar-refractivity contribution >= 4 is 31.3 Å². The number of alkyl halides is 3. The summed E-state index contributed by atoms with van der Waals surface area (Å²) in [5.74, 6) is -4.18. The first-order valence-electron chi connectivity index (χ1n) is 10.7. The maximum absolute atomic E-state index is 14.6. The van der Waals surface area contributed by atoms with Gasteiger partial charge in [-0.05, 0) is 37.3 Å². The van der Waals surface area contributed by atoms with Crippen LogP contribution in [-0.4, -0.2) is 78.6 Å². The number of rotatable bonds is 6. The number of halogens is 5. The molecule has 0 bridgehead atoms. The van der Waals surface area contributed by atoms with Crippen LogP contribution in [0.2, 0.25) is 0 Å². The predicted octanol–water partition coefficient (Wildman–Crippen LogP) is 3.06. The van der Waals surface area contributed by atoms with Crippen molar-refractivity contribution in [1.29, 1.82) is 0 Å². The Balaban J connectivity index is 1.86. The lowest BCUT2D eigenvalue weighted by Crippen LogP contribution is -2.49. The number of carbonyl (C=O) groups excluding carboxylic acids is 1. The molecule has 2 aromatic carbocycles. The van der Waals surface area contributed by atoms with Crippen LogP contribution in [0.4, 0.5) is 27.6 Å². The molecule has 1 heterocycles. The average molecular weight is 571 g/mol. The summed E-state index contributed by atoms with van der Waals surface area (Å²) in [7, 11) is -7.81. The van der Waals surface area contributed by atoms with E-state index in [9.17, 15) is 43.6 Å². The fourth-order valence-electron chi connectivity index (χ4n) is 3.64. The molecular weight excluding hydrogens is 547 g/mol. The smallest absolute Gasteiger partial charge is 0.425 e. The van der Waals surface area contributed by atoms with Gasteiger partial charge in [0, 0.05) is 38.7 Å². The van der Waals surface area contributed by atoms with Gasteiger partial charge >= 0.3 is 6.18 Å². The van der Waals surface area contributed by atoms with Crippen LogP contribution in [0, 0.1) is 11.6 Å². The van der Waals surface area contributed by atoms with Gasteiger partial charge in [-0.25, -0.2) is 25.6 Å². The number of nitrogens with zero attached hydrogens (tertiary/aromatic N) is 2. The van der Waals surface area contributed by atoms with Gasteiger partial charge in [0.2, 0.25) is 0 Å². The lowest BCUT2D eigenvalue weighted by Gasteiger charge is -2.36. The number of hydrogen-bond acceptors (Lipinski definition) is 7. The van der Waals surface area contributed by atoms with Crippen LogP contribution < -0.4 is 9.64 Å². The lowest BCUT2D eigenvalue weighted by molar-refractivity contribution is -0.189. The van der Waals surface area contributed by atoms with Crippen molar-refractivity contribution < 1.29 is 48.3 Å². The zero-order valence-electron chi connectivity index (χ0n) is 19.8. The first-order chi connectivity index (χ1) is 16.9. The third-order valence-corrected chi connectivity index (χ3v) is 7.93. The number of sulfone groups is 2. The van der Waals surface area contributed by atoms with Crippen LogP contribution in [0.25, 0.3) is 0 Å². The Labute approximate surface area is 210 Å². The number of ether oxygens (including phenoxy) is 1. The van der Waals surface area contributed by atoms with E-state index >= 15 is 0 Å². The number of hydrogen-bond donors (Lipinski definition) is 0. The molecule has 0 saturated carbocycles. The number of carbonyl (C=O) groups is 1. The van der Waals surface area contributed by atoms with Crippen molar-refractivity contribution in [2.24, 2.45) is 0 Å². The Kier molecular flexibility index (Phi) is 7.80. The molecule has 1 aliphatic rings. The molecular formula is C22H23F5N2O6S2. The van der Waals surface area contributed by atoms with Gasteiger partial charge in [-0.2, -0.15) is 13.2 Å². The van der Waals surface area contributed by atoms with E-state index in [0.717, 1.165) is 49.8 Å². The highest BCUT2D eigenvalue weighted by Crippen LogP contribution is 2.31. The highest BCUT2D eigenvalue weighted by Gasteiger charge is 2.39. The van der Waals surface area contributed by atoms with E-state index in [4.69, 9.17) is 4.74 Å². The van der Waals surface area contributed by atoms with Crippen molar-refractivity contribution in [3.8, 4) is 5.75 Å². The Hall–Kier alpha value is -2.94. The van der Waals surface area contributed by atoms with Crippen LogP contribution in [0.1, 0.15) is 17.3 Å². The number of anilines is 1. The molecule has 15 heteroatoms. The minimum absolute atomic E-state index is 0.0266. The molecule has 1 atom stereocenters. The minimum Gasteiger partial charge on any atom is -0.480 e. The second-order valence-corrected chi connectivity index (χ2v) is 12.5. The van der Waals surface area contributed by atoms with Crippen LogP contribution in [-0.2, 0) is 19.7 Å². The van der Waals surface area contributed by atoms with E-state index in [1.54, 1.807) is 0 Å². The van der Waals surface area contributed by atoms with Crippen molar-refractivity contribution in [3.05, 3.63) is 47.5 Å². The van der Waals surface area contributed by atoms with Crippen molar-refractivity contribution in [2.45, 2.75) is 29.0 Å². The predicted molar refractivity (Wildman–Crippen MR) is 123 cm³/mol. The summed E-state index contributed by atoms with van der Waals surface area (Å²) in [6.07, 6.45) is -5.42. The van der Waals surface area contributed by atoms with Gasteiger partial charge in [-0.1, -0.05) is 0 Å². The molecule has 3 rings (SSSR count). The van der Waals surface area contributed by atoms with E-state index < -0.39 is 65.7 Å². The minimum atomic E-state index is -4.74.